The van der Waals surface area contributed by atoms with Crippen LogP contribution < -0.4 is 9.88 Å². The highest BCUT2D eigenvalue weighted by atomic mass is 19.1. The predicted octanol–water partition coefficient (Wildman–Crippen LogP) is 3.17. The van der Waals surface area contributed by atoms with Crippen molar-refractivity contribution in [2.24, 2.45) is 0 Å². The number of halogens is 1. The Morgan fingerprint density at radius 2 is 1.88 bits per heavy atom. The standard InChI is InChI=1S/C20H18FN3O/c21-16-9-4-5-10-17(16)22-19(25)14-23-13-18(15-7-2-1-3-8-15)24-12-6-11-20(23)24/h1-5,7-10,13H,6,11-12,14H2/p+1. The average molecular weight is 336 g/mol. The Hall–Kier alpha value is -2.95. The van der Waals surface area contributed by atoms with Gasteiger partial charge in [-0.2, -0.15) is 0 Å². The Morgan fingerprint density at radius 1 is 1.12 bits per heavy atom. The number of nitrogens with zero attached hydrogens (tertiary/aromatic N) is 2. The molecule has 0 atom stereocenters. The van der Waals surface area contributed by atoms with Gasteiger partial charge in [0, 0.05) is 5.56 Å². The number of imidazole rings is 1. The fraction of sp³-hybridized carbons (Fsp3) is 0.200. The van der Waals surface area contributed by atoms with Crippen LogP contribution in [0.15, 0.2) is 60.8 Å². The number of hydrogen-bond acceptors (Lipinski definition) is 1. The molecule has 1 aliphatic rings. The molecule has 0 bridgehead atoms. The van der Waals surface area contributed by atoms with E-state index in [2.05, 4.69) is 22.0 Å². The summed E-state index contributed by atoms with van der Waals surface area (Å²) in [5.41, 5.74) is 2.47. The molecule has 0 saturated heterocycles. The number of rotatable bonds is 4. The molecule has 1 amide bonds. The van der Waals surface area contributed by atoms with Gasteiger partial charge in [0.15, 0.2) is 12.2 Å². The highest BCUT2D eigenvalue weighted by molar-refractivity contribution is 5.89. The van der Waals surface area contributed by atoms with Crippen molar-refractivity contribution in [2.45, 2.75) is 25.9 Å². The van der Waals surface area contributed by atoms with E-state index in [4.69, 9.17) is 0 Å². The number of amides is 1. The number of anilines is 1. The molecular formula is C20H19FN3O+. The Labute approximate surface area is 145 Å². The maximum absolute atomic E-state index is 13.7. The van der Waals surface area contributed by atoms with Gasteiger partial charge in [0.2, 0.25) is 0 Å². The van der Waals surface area contributed by atoms with Crippen molar-refractivity contribution in [1.82, 2.24) is 4.57 Å². The van der Waals surface area contributed by atoms with Gasteiger partial charge in [0.1, 0.15) is 12.0 Å². The highest BCUT2D eigenvalue weighted by Gasteiger charge is 2.29. The van der Waals surface area contributed by atoms with Crippen LogP contribution in [-0.2, 0) is 24.3 Å². The number of fused-ring (bicyclic) bond motifs is 1. The lowest BCUT2D eigenvalue weighted by molar-refractivity contribution is -0.690. The van der Waals surface area contributed by atoms with Crippen molar-refractivity contribution >= 4 is 11.6 Å². The van der Waals surface area contributed by atoms with E-state index >= 15 is 0 Å². The monoisotopic (exact) mass is 336 g/mol. The minimum atomic E-state index is -0.423. The topological polar surface area (TPSA) is 37.9 Å². The third kappa shape index (κ3) is 3.05. The van der Waals surface area contributed by atoms with Crippen LogP contribution >= 0.6 is 0 Å². The predicted molar refractivity (Wildman–Crippen MR) is 93.4 cm³/mol. The van der Waals surface area contributed by atoms with Crippen molar-refractivity contribution in [3.8, 4) is 11.3 Å². The molecule has 5 heteroatoms. The van der Waals surface area contributed by atoms with Crippen molar-refractivity contribution in [2.75, 3.05) is 5.32 Å². The van der Waals surface area contributed by atoms with Crippen LogP contribution in [0.4, 0.5) is 10.1 Å². The maximum atomic E-state index is 13.7. The molecule has 4 rings (SSSR count). The number of aromatic nitrogens is 2. The molecule has 3 aromatic rings. The summed E-state index contributed by atoms with van der Waals surface area (Å²) in [4.78, 5) is 12.4. The molecule has 25 heavy (non-hydrogen) atoms. The summed E-state index contributed by atoms with van der Waals surface area (Å²) < 4.78 is 18.0. The fourth-order valence-corrected chi connectivity index (χ4v) is 3.39. The first-order valence-corrected chi connectivity index (χ1v) is 8.44. The summed E-state index contributed by atoms with van der Waals surface area (Å²) in [7, 11) is 0. The second-order valence-corrected chi connectivity index (χ2v) is 6.21. The van der Waals surface area contributed by atoms with E-state index in [-0.39, 0.29) is 18.1 Å². The summed E-state index contributed by atoms with van der Waals surface area (Å²) >= 11 is 0. The van der Waals surface area contributed by atoms with Crippen LogP contribution in [0.5, 0.6) is 0 Å². The van der Waals surface area contributed by atoms with Crippen LogP contribution in [0.3, 0.4) is 0 Å². The lowest BCUT2D eigenvalue weighted by Gasteiger charge is -2.05. The van der Waals surface area contributed by atoms with E-state index in [1.165, 1.54) is 6.07 Å². The molecule has 126 valence electrons. The number of carbonyl (C=O) groups excluding carboxylic acids is 1. The van der Waals surface area contributed by atoms with E-state index in [9.17, 15) is 9.18 Å². The molecule has 2 heterocycles. The van der Waals surface area contributed by atoms with E-state index in [1.807, 2.05) is 29.0 Å². The largest absolute Gasteiger partial charge is 0.320 e. The van der Waals surface area contributed by atoms with E-state index in [0.717, 1.165) is 36.5 Å². The number of carbonyl (C=O) groups is 1. The van der Waals surface area contributed by atoms with Gasteiger partial charge >= 0.3 is 0 Å². The number of hydrogen-bond donors (Lipinski definition) is 1. The third-order valence-corrected chi connectivity index (χ3v) is 4.53. The van der Waals surface area contributed by atoms with Gasteiger partial charge in [-0.05, 0) is 18.6 Å². The normalized spacial score (nSPS) is 12.8. The van der Waals surface area contributed by atoms with E-state index < -0.39 is 5.82 Å². The van der Waals surface area contributed by atoms with Gasteiger partial charge in [-0.1, -0.05) is 42.5 Å². The molecule has 4 nitrogen and oxygen atoms in total. The molecular weight excluding hydrogens is 317 g/mol. The molecule has 1 aromatic heterocycles. The zero-order valence-corrected chi connectivity index (χ0v) is 13.8. The third-order valence-electron chi connectivity index (χ3n) is 4.53. The van der Waals surface area contributed by atoms with Gasteiger partial charge in [-0.25, -0.2) is 13.5 Å². The minimum absolute atomic E-state index is 0.177. The smallest absolute Gasteiger partial charge is 0.266 e. The van der Waals surface area contributed by atoms with Crippen LogP contribution in [0.25, 0.3) is 11.3 Å². The van der Waals surface area contributed by atoms with Gasteiger partial charge in [0.05, 0.1) is 18.7 Å². The Balaban J connectivity index is 1.59. The second-order valence-electron chi connectivity index (χ2n) is 6.21. The quantitative estimate of drug-likeness (QED) is 0.730. The molecule has 1 aliphatic heterocycles. The molecule has 0 spiro atoms. The molecule has 0 unspecified atom stereocenters. The van der Waals surface area contributed by atoms with Crippen molar-refractivity contribution < 1.29 is 13.8 Å². The van der Waals surface area contributed by atoms with Crippen molar-refractivity contribution in [3.05, 3.63) is 72.4 Å². The van der Waals surface area contributed by atoms with Crippen molar-refractivity contribution in [1.29, 1.82) is 0 Å². The molecule has 0 radical (unpaired) electrons. The van der Waals surface area contributed by atoms with Crippen LogP contribution in [0.2, 0.25) is 0 Å². The van der Waals surface area contributed by atoms with Gasteiger partial charge < -0.3 is 5.32 Å². The fourth-order valence-electron chi connectivity index (χ4n) is 3.39. The lowest BCUT2D eigenvalue weighted by Crippen LogP contribution is -2.42. The number of nitrogens with one attached hydrogen (secondary N) is 1. The number of benzene rings is 2. The minimum Gasteiger partial charge on any atom is -0.320 e. The Morgan fingerprint density at radius 3 is 2.68 bits per heavy atom. The zero-order valence-electron chi connectivity index (χ0n) is 13.8. The van der Waals surface area contributed by atoms with Gasteiger partial charge in [0.25, 0.3) is 11.7 Å². The van der Waals surface area contributed by atoms with E-state index in [1.54, 1.807) is 18.2 Å². The Kier molecular flexibility index (Phi) is 4.06. The van der Waals surface area contributed by atoms with Crippen LogP contribution in [0.1, 0.15) is 12.2 Å². The molecule has 1 N–H and O–H groups in total. The van der Waals surface area contributed by atoms with Gasteiger partial charge in [-0.3, -0.25) is 4.79 Å². The zero-order chi connectivity index (χ0) is 17.2. The number of para-hydroxylation sites is 1. The van der Waals surface area contributed by atoms with E-state index in [0.29, 0.717) is 0 Å². The SMILES string of the molecule is O=C(C[n+]1cc(-c2ccccc2)n2c1CCC2)Nc1ccccc1F. The molecule has 0 fully saturated rings. The van der Waals surface area contributed by atoms with Crippen LogP contribution in [-0.4, -0.2) is 10.5 Å². The first kappa shape index (κ1) is 15.6. The summed E-state index contributed by atoms with van der Waals surface area (Å²) in [6.45, 7) is 1.14. The summed E-state index contributed by atoms with van der Waals surface area (Å²) in [6.07, 6.45) is 4.04. The highest BCUT2D eigenvalue weighted by Crippen LogP contribution is 2.24. The summed E-state index contributed by atoms with van der Waals surface area (Å²) in [5, 5.41) is 2.65. The lowest BCUT2D eigenvalue weighted by atomic mass is 10.2. The molecule has 2 aromatic carbocycles. The second kappa shape index (κ2) is 6.51. The molecule has 0 aliphatic carbocycles. The first-order valence-electron chi connectivity index (χ1n) is 8.44. The first-order chi connectivity index (χ1) is 12.2. The van der Waals surface area contributed by atoms with Crippen molar-refractivity contribution in [3.63, 3.8) is 0 Å². The maximum Gasteiger partial charge on any atom is 0.266 e. The average Bonchev–Trinajstić information content (AvgIpc) is 3.22. The van der Waals surface area contributed by atoms with Crippen LogP contribution in [0, 0.1) is 5.82 Å². The Bertz CT molecular complexity index is 918. The van der Waals surface area contributed by atoms with Gasteiger partial charge in [-0.15, -0.1) is 0 Å². The molecule has 0 saturated carbocycles. The summed E-state index contributed by atoms with van der Waals surface area (Å²) in [5.74, 6) is 0.491. The summed E-state index contributed by atoms with van der Waals surface area (Å²) in [6, 6.07) is 16.4.